The van der Waals surface area contributed by atoms with E-state index >= 15 is 0 Å². The van der Waals surface area contributed by atoms with Gasteiger partial charge in [-0.05, 0) is 56.1 Å². The zero-order chi connectivity index (χ0) is 17.7. The van der Waals surface area contributed by atoms with Gasteiger partial charge >= 0.3 is 0 Å². The lowest BCUT2D eigenvalue weighted by molar-refractivity contribution is 0.219. The van der Waals surface area contributed by atoms with E-state index in [0.717, 1.165) is 24.8 Å². The summed E-state index contributed by atoms with van der Waals surface area (Å²) in [7, 11) is -3.46. The highest BCUT2D eigenvalue weighted by molar-refractivity contribution is 7.89. The van der Waals surface area contributed by atoms with Crippen molar-refractivity contribution < 1.29 is 8.42 Å². The SMILES string of the molecule is Cc1ccc(S(=O)(=O)NC(C(C)CC(C)C)C2CCCCC2)cc1. The summed E-state index contributed by atoms with van der Waals surface area (Å²) in [5, 5.41) is 0. The highest BCUT2D eigenvalue weighted by Crippen LogP contribution is 2.32. The summed E-state index contributed by atoms with van der Waals surface area (Å²) < 4.78 is 28.8. The van der Waals surface area contributed by atoms with Gasteiger partial charge in [0, 0.05) is 6.04 Å². The van der Waals surface area contributed by atoms with Crippen LogP contribution >= 0.6 is 0 Å². The molecular weight excluding hydrogens is 318 g/mol. The molecule has 0 aromatic heterocycles. The maximum Gasteiger partial charge on any atom is 0.240 e. The minimum Gasteiger partial charge on any atom is -0.208 e. The maximum absolute atomic E-state index is 12.9. The summed E-state index contributed by atoms with van der Waals surface area (Å²) in [5.74, 6) is 1.40. The van der Waals surface area contributed by atoms with E-state index in [4.69, 9.17) is 0 Å². The summed E-state index contributed by atoms with van der Waals surface area (Å²) in [6, 6.07) is 7.19. The van der Waals surface area contributed by atoms with E-state index in [0.29, 0.717) is 22.6 Å². The average Bonchev–Trinajstić information content (AvgIpc) is 2.53. The van der Waals surface area contributed by atoms with Crippen molar-refractivity contribution in [3.05, 3.63) is 29.8 Å². The van der Waals surface area contributed by atoms with Crippen molar-refractivity contribution in [2.24, 2.45) is 17.8 Å². The van der Waals surface area contributed by atoms with Gasteiger partial charge in [-0.1, -0.05) is 57.7 Å². The summed E-state index contributed by atoms with van der Waals surface area (Å²) in [6.45, 7) is 8.60. The van der Waals surface area contributed by atoms with E-state index in [1.165, 1.54) is 19.3 Å². The fourth-order valence-electron chi connectivity index (χ4n) is 4.03. The van der Waals surface area contributed by atoms with Gasteiger partial charge in [0.1, 0.15) is 0 Å². The van der Waals surface area contributed by atoms with E-state index in [1.54, 1.807) is 12.1 Å². The Kier molecular flexibility index (Phi) is 6.88. The van der Waals surface area contributed by atoms with Crippen LogP contribution in [0.25, 0.3) is 0 Å². The summed E-state index contributed by atoms with van der Waals surface area (Å²) in [4.78, 5) is 0.380. The molecule has 0 aliphatic heterocycles. The molecule has 0 spiro atoms. The standard InChI is InChI=1S/C20H33NO2S/c1-15(2)14-17(4)20(18-8-6-5-7-9-18)21-24(22,23)19-12-10-16(3)11-13-19/h10-13,15,17-18,20-21H,5-9,14H2,1-4H3. The molecule has 1 aliphatic rings. The highest BCUT2D eigenvalue weighted by Gasteiger charge is 2.32. The molecule has 2 atom stereocenters. The third-order valence-electron chi connectivity index (χ3n) is 5.24. The van der Waals surface area contributed by atoms with Crippen LogP contribution in [0.2, 0.25) is 0 Å². The first-order valence-electron chi connectivity index (χ1n) is 9.38. The second-order valence-corrected chi connectivity index (χ2v) is 9.68. The van der Waals surface area contributed by atoms with Crippen LogP contribution in [0.4, 0.5) is 0 Å². The Bertz CT molecular complexity index is 601. The minimum atomic E-state index is -3.46. The van der Waals surface area contributed by atoms with Crippen molar-refractivity contribution in [2.75, 3.05) is 0 Å². The maximum atomic E-state index is 12.9. The van der Waals surface area contributed by atoms with Gasteiger partial charge in [0.05, 0.1) is 4.90 Å². The summed E-state index contributed by atoms with van der Waals surface area (Å²) in [6.07, 6.45) is 7.07. The van der Waals surface area contributed by atoms with Crippen molar-refractivity contribution in [3.63, 3.8) is 0 Å². The molecular formula is C20H33NO2S. The lowest BCUT2D eigenvalue weighted by Gasteiger charge is -2.35. The minimum absolute atomic E-state index is 0.0407. The number of hydrogen-bond acceptors (Lipinski definition) is 2. The lowest BCUT2D eigenvalue weighted by Crippen LogP contribution is -2.45. The van der Waals surface area contributed by atoms with Crippen LogP contribution in [0.5, 0.6) is 0 Å². The number of rotatable bonds is 7. The normalized spacial score (nSPS) is 19.4. The van der Waals surface area contributed by atoms with E-state index in [1.807, 2.05) is 19.1 Å². The van der Waals surface area contributed by atoms with Crippen molar-refractivity contribution >= 4 is 10.0 Å². The van der Waals surface area contributed by atoms with Crippen LogP contribution in [-0.4, -0.2) is 14.5 Å². The Balaban J connectivity index is 2.20. The Labute approximate surface area is 148 Å². The smallest absolute Gasteiger partial charge is 0.208 e. The molecule has 1 aliphatic carbocycles. The first kappa shape index (κ1) is 19.5. The summed E-state index contributed by atoms with van der Waals surface area (Å²) in [5.41, 5.74) is 1.07. The molecule has 24 heavy (non-hydrogen) atoms. The van der Waals surface area contributed by atoms with Crippen molar-refractivity contribution in [3.8, 4) is 0 Å². The number of hydrogen-bond donors (Lipinski definition) is 1. The predicted octanol–water partition coefficient (Wildman–Crippen LogP) is 4.90. The van der Waals surface area contributed by atoms with E-state index in [-0.39, 0.29) is 6.04 Å². The number of nitrogens with one attached hydrogen (secondary N) is 1. The van der Waals surface area contributed by atoms with Gasteiger partial charge in [-0.3, -0.25) is 0 Å². The fourth-order valence-corrected chi connectivity index (χ4v) is 5.44. The Morgan fingerprint density at radius 3 is 2.17 bits per heavy atom. The molecule has 1 aromatic rings. The molecule has 1 saturated carbocycles. The highest BCUT2D eigenvalue weighted by atomic mass is 32.2. The van der Waals surface area contributed by atoms with Crippen LogP contribution in [0.3, 0.4) is 0 Å². The van der Waals surface area contributed by atoms with Crippen molar-refractivity contribution in [1.29, 1.82) is 0 Å². The number of aryl methyl sites for hydroxylation is 1. The zero-order valence-corrected chi connectivity index (χ0v) is 16.4. The van der Waals surface area contributed by atoms with Gasteiger partial charge in [-0.15, -0.1) is 0 Å². The summed E-state index contributed by atoms with van der Waals surface area (Å²) >= 11 is 0. The quantitative estimate of drug-likeness (QED) is 0.759. The Hall–Kier alpha value is -0.870. The van der Waals surface area contributed by atoms with Crippen LogP contribution in [0.1, 0.15) is 64.9 Å². The van der Waals surface area contributed by atoms with E-state index in [9.17, 15) is 8.42 Å². The van der Waals surface area contributed by atoms with Crippen LogP contribution in [0, 0.1) is 24.7 Å². The zero-order valence-electron chi connectivity index (χ0n) is 15.6. The fraction of sp³-hybridized carbons (Fsp3) is 0.700. The predicted molar refractivity (Wildman–Crippen MR) is 100 cm³/mol. The van der Waals surface area contributed by atoms with Crippen LogP contribution in [-0.2, 0) is 10.0 Å². The molecule has 0 bridgehead atoms. The molecule has 3 nitrogen and oxygen atoms in total. The Morgan fingerprint density at radius 2 is 1.62 bits per heavy atom. The Morgan fingerprint density at radius 1 is 1.04 bits per heavy atom. The van der Waals surface area contributed by atoms with E-state index in [2.05, 4.69) is 25.5 Å². The van der Waals surface area contributed by atoms with Crippen LogP contribution in [0.15, 0.2) is 29.2 Å². The molecule has 0 saturated heterocycles. The van der Waals surface area contributed by atoms with Gasteiger partial charge in [0.2, 0.25) is 10.0 Å². The molecule has 1 fully saturated rings. The lowest BCUT2D eigenvalue weighted by atomic mass is 9.77. The molecule has 2 unspecified atom stereocenters. The first-order valence-corrected chi connectivity index (χ1v) is 10.9. The molecule has 0 heterocycles. The molecule has 1 aromatic carbocycles. The monoisotopic (exact) mass is 351 g/mol. The number of sulfonamides is 1. The van der Waals surface area contributed by atoms with Crippen LogP contribution < -0.4 is 4.72 Å². The largest absolute Gasteiger partial charge is 0.240 e. The van der Waals surface area contributed by atoms with Crippen molar-refractivity contribution in [2.45, 2.75) is 77.2 Å². The molecule has 2 rings (SSSR count). The first-order chi connectivity index (χ1) is 11.3. The second-order valence-electron chi connectivity index (χ2n) is 7.97. The van der Waals surface area contributed by atoms with Gasteiger partial charge < -0.3 is 0 Å². The molecule has 1 N–H and O–H groups in total. The third-order valence-corrected chi connectivity index (χ3v) is 6.71. The number of benzene rings is 1. The van der Waals surface area contributed by atoms with Gasteiger partial charge in [0.15, 0.2) is 0 Å². The molecule has 0 radical (unpaired) electrons. The van der Waals surface area contributed by atoms with Gasteiger partial charge in [-0.25, -0.2) is 13.1 Å². The van der Waals surface area contributed by atoms with Gasteiger partial charge in [0.25, 0.3) is 0 Å². The molecule has 0 amide bonds. The van der Waals surface area contributed by atoms with Crippen molar-refractivity contribution in [1.82, 2.24) is 4.72 Å². The topological polar surface area (TPSA) is 46.2 Å². The average molecular weight is 352 g/mol. The van der Waals surface area contributed by atoms with E-state index < -0.39 is 10.0 Å². The van der Waals surface area contributed by atoms with Gasteiger partial charge in [-0.2, -0.15) is 0 Å². The third kappa shape index (κ3) is 5.32. The second kappa shape index (κ2) is 8.48. The molecule has 4 heteroatoms. The molecule has 136 valence electrons.